The first-order valence-corrected chi connectivity index (χ1v) is 8.86. The second-order valence-electron chi connectivity index (χ2n) is 7.69. The Kier molecular flexibility index (Phi) is 4.94. The van der Waals surface area contributed by atoms with Crippen molar-refractivity contribution in [2.75, 3.05) is 7.11 Å². The summed E-state index contributed by atoms with van der Waals surface area (Å²) in [7, 11) is 1.42. The smallest absolute Gasteiger partial charge is 0.466 e. The fourth-order valence-electron chi connectivity index (χ4n) is 3.14. The third kappa shape index (κ3) is 3.75. The highest BCUT2D eigenvalue weighted by atomic mass is 16.7. The largest absolute Gasteiger partial charge is 0.497 e. The minimum Gasteiger partial charge on any atom is -0.497 e. The predicted octanol–water partition coefficient (Wildman–Crippen LogP) is 4.65. The summed E-state index contributed by atoms with van der Waals surface area (Å²) < 4.78 is 18.0. The highest BCUT2D eigenvalue weighted by Crippen LogP contribution is 2.41. The molecule has 1 atom stereocenters. The van der Waals surface area contributed by atoms with Crippen LogP contribution in [0.2, 0.25) is 0 Å². The number of hydrogen-bond acceptors (Lipinski definition) is 3. The second kappa shape index (κ2) is 6.85. The monoisotopic (exact) mass is 338 g/mol. The SMILES string of the molecule is COc1ccc(CC(B2OC(C)(C)C(C)(C)O2)c2ccccc2)cc1. The molecule has 132 valence electrons. The first kappa shape index (κ1) is 18.0. The number of hydrogen-bond donors (Lipinski definition) is 0. The third-order valence-corrected chi connectivity index (χ3v) is 5.44. The number of methoxy groups -OCH3 is 1. The Hall–Kier alpha value is -1.78. The van der Waals surface area contributed by atoms with Gasteiger partial charge in [0, 0.05) is 5.82 Å². The molecule has 4 heteroatoms. The van der Waals surface area contributed by atoms with E-state index in [1.165, 1.54) is 11.1 Å². The standard InChI is InChI=1S/C21H27BO3/c1-20(2)21(3,4)25-22(24-20)19(17-9-7-6-8-10-17)15-16-11-13-18(23-5)14-12-16/h6-14,19H,15H2,1-5H3. The molecule has 0 saturated carbocycles. The lowest BCUT2D eigenvalue weighted by atomic mass is 9.65. The van der Waals surface area contributed by atoms with Gasteiger partial charge in [0.25, 0.3) is 0 Å². The van der Waals surface area contributed by atoms with Gasteiger partial charge in [0.2, 0.25) is 0 Å². The molecule has 1 heterocycles. The molecule has 2 aromatic rings. The summed E-state index contributed by atoms with van der Waals surface area (Å²) >= 11 is 0. The van der Waals surface area contributed by atoms with E-state index in [0.29, 0.717) is 0 Å². The van der Waals surface area contributed by atoms with E-state index in [4.69, 9.17) is 14.0 Å². The van der Waals surface area contributed by atoms with Crippen molar-refractivity contribution in [3.63, 3.8) is 0 Å². The predicted molar refractivity (Wildman–Crippen MR) is 102 cm³/mol. The highest BCUT2D eigenvalue weighted by molar-refractivity contribution is 6.47. The van der Waals surface area contributed by atoms with Crippen LogP contribution in [-0.2, 0) is 15.7 Å². The molecule has 1 aliphatic heterocycles. The van der Waals surface area contributed by atoms with E-state index in [1.807, 2.05) is 18.2 Å². The van der Waals surface area contributed by atoms with Gasteiger partial charge in [-0.3, -0.25) is 0 Å². The van der Waals surface area contributed by atoms with E-state index < -0.39 is 0 Å². The lowest BCUT2D eigenvalue weighted by Gasteiger charge is -2.32. The maximum atomic E-state index is 6.35. The van der Waals surface area contributed by atoms with E-state index in [0.717, 1.165) is 12.2 Å². The molecule has 3 nitrogen and oxygen atoms in total. The Labute approximate surface area is 151 Å². The summed E-state index contributed by atoms with van der Waals surface area (Å²) in [6, 6.07) is 18.7. The molecular formula is C21H27BO3. The van der Waals surface area contributed by atoms with Crippen molar-refractivity contribution >= 4 is 7.12 Å². The van der Waals surface area contributed by atoms with Gasteiger partial charge in [-0.05, 0) is 57.4 Å². The summed E-state index contributed by atoms with van der Waals surface area (Å²) in [5.41, 5.74) is 1.82. The molecule has 0 aliphatic carbocycles. The first-order valence-electron chi connectivity index (χ1n) is 8.86. The molecule has 0 amide bonds. The Morgan fingerprint density at radius 1 is 0.880 bits per heavy atom. The molecule has 0 bridgehead atoms. The molecule has 3 rings (SSSR count). The van der Waals surface area contributed by atoms with Crippen molar-refractivity contribution in [1.29, 1.82) is 0 Å². The quantitative estimate of drug-likeness (QED) is 0.743. The third-order valence-electron chi connectivity index (χ3n) is 5.44. The van der Waals surface area contributed by atoms with Crippen LogP contribution in [0, 0.1) is 0 Å². The molecular weight excluding hydrogens is 311 g/mol. The topological polar surface area (TPSA) is 27.7 Å². The molecule has 1 unspecified atom stereocenters. The van der Waals surface area contributed by atoms with Crippen LogP contribution in [0.1, 0.15) is 44.6 Å². The molecule has 1 fully saturated rings. The van der Waals surface area contributed by atoms with Gasteiger partial charge in [-0.2, -0.15) is 0 Å². The zero-order chi connectivity index (χ0) is 18.1. The van der Waals surface area contributed by atoms with E-state index in [1.54, 1.807) is 7.11 Å². The summed E-state index contributed by atoms with van der Waals surface area (Å²) in [5, 5.41) is 0. The van der Waals surface area contributed by atoms with Gasteiger partial charge in [-0.15, -0.1) is 0 Å². The van der Waals surface area contributed by atoms with Crippen LogP contribution < -0.4 is 4.74 Å². The van der Waals surface area contributed by atoms with Crippen LogP contribution in [0.3, 0.4) is 0 Å². The fraction of sp³-hybridized carbons (Fsp3) is 0.429. The van der Waals surface area contributed by atoms with Crippen molar-refractivity contribution < 1.29 is 14.0 Å². The Bertz CT molecular complexity index is 679. The average molecular weight is 338 g/mol. The van der Waals surface area contributed by atoms with Gasteiger partial charge < -0.3 is 14.0 Å². The van der Waals surface area contributed by atoms with Crippen molar-refractivity contribution in [2.24, 2.45) is 0 Å². The lowest BCUT2D eigenvalue weighted by molar-refractivity contribution is 0.00578. The van der Waals surface area contributed by atoms with Crippen molar-refractivity contribution in [2.45, 2.75) is 51.1 Å². The summed E-state index contributed by atoms with van der Waals surface area (Å²) in [4.78, 5) is 0. The van der Waals surface area contributed by atoms with Gasteiger partial charge >= 0.3 is 7.12 Å². The fourth-order valence-corrected chi connectivity index (χ4v) is 3.14. The number of rotatable bonds is 5. The molecule has 0 radical (unpaired) electrons. The normalized spacial score (nSPS) is 19.6. The molecule has 0 spiro atoms. The minimum atomic E-state index is -0.329. The van der Waals surface area contributed by atoms with Crippen LogP contribution in [0.25, 0.3) is 0 Å². The van der Waals surface area contributed by atoms with Crippen LogP contribution in [0.15, 0.2) is 54.6 Å². The average Bonchev–Trinajstić information content (AvgIpc) is 2.81. The minimum absolute atomic E-state index is 0.135. The van der Waals surface area contributed by atoms with Gasteiger partial charge in [-0.1, -0.05) is 42.5 Å². The second-order valence-corrected chi connectivity index (χ2v) is 7.69. The van der Waals surface area contributed by atoms with Crippen molar-refractivity contribution in [1.82, 2.24) is 0 Å². The highest BCUT2D eigenvalue weighted by Gasteiger charge is 2.53. The Morgan fingerprint density at radius 2 is 1.44 bits per heavy atom. The molecule has 0 aromatic heterocycles. The first-order chi connectivity index (χ1) is 11.8. The van der Waals surface area contributed by atoms with Gasteiger partial charge in [-0.25, -0.2) is 0 Å². The molecule has 25 heavy (non-hydrogen) atoms. The van der Waals surface area contributed by atoms with Crippen LogP contribution in [0.5, 0.6) is 5.75 Å². The zero-order valence-corrected chi connectivity index (χ0v) is 15.8. The summed E-state index contributed by atoms with van der Waals surface area (Å²) in [5.74, 6) is 1.01. The van der Waals surface area contributed by atoms with E-state index in [9.17, 15) is 0 Å². The Balaban J connectivity index is 1.88. The summed E-state index contributed by atoms with van der Waals surface area (Å²) in [6.45, 7) is 8.40. The van der Waals surface area contributed by atoms with E-state index in [2.05, 4.69) is 64.1 Å². The van der Waals surface area contributed by atoms with Crippen LogP contribution >= 0.6 is 0 Å². The van der Waals surface area contributed by atoms with Gasteiger partial charge in [0.1, 0.15) is 5.75 Å². The van der Waals surface area contributed by atoms with E-state index >= 15 is 0 Å². The molecule has 0 N–H and O–H groups in total. The number of benzene rings is 2. The van der Waals surface area contributed by atoms with Gasteiger partial charge in [0.15, 0.2) is 0 Å². The molecule has 2 aromatic carbocycles. The number of ether oxygens (including phenoxy) is 1. The lowest BCUT2D eigenvalue weighted by Crippen LogP contribution is -2.41. The van der Waals surface area contributed by atoms with Crippen LogP contribution in [0.4, 0.5) is 0 Å². The molecule has 1 aliphatic rings. The zero-order valence-electron chi connectivity index (χ0n) is 15.8. The van der Waals surface area contributed by atoms with Gasteiger partial charge in [0.05, 0.1) is 18.3 Å². The Morgan fingerprint density at radius 3 is 1.96 bits per heavy atom. The van der Waals surface area contributed by atoms with Crippen molar-refractivity contribution in [3.05, 3.63) is 65.7 Å². The van der Waals surface area contributed by atoms with Crippen molar-refractivity contribution in [3.8, 4) is 5.75 Å². The van der Waals surface area contributed by atoms with Crippen LogP contribution in [-0.4, -0.2) is 25.4 Å². The van der Waals surface area contributed by atoms with E-state index in [-0.39, 0.29) is 24.1 Å². The maximum absolute atomic E-state index is 6.35. The summed E-state index contributed by atoms with van der Waals surface area (Å²) in [6.07, 6.45) is 0.852. The molecule has 1 saturated heterocycles. The maximum Gasteiger partial charge on any atom is 0.466 e.